The lowest BCUT2D eigenvalue weighted by Gasteiger charge is -2.26. The van der Waals surface area contributed by atoms with Crippen LogP contribution >= 0.6 is 11.6 Å². The van der Waals surface area contributed by atoms with E-state index in [-0.39, 0.29) is 0 Å². The van der Waals surface area contributed by atoms with Crippen LogP contribution in [-0.2, 0) is 0 Å². The van der Waals surface area contributed by atoms with Crippen LogP contribution in [0.25, 0.3) is 0 Å². The third kappa shape index (κ3) is 2.21. The molecule has 0 aromatic carbocycles. The van der Waals surface area contributed by atoms with Crippen molar-refractivity contribution in [1.29, 1.82) is 0 Å². The fourth-order valence-corrected chi connectivity index (χ4v) is 2.04. The molecule has 1 aromatic rings. The van der Waals surface area contributed by atoms with Crippen LogP contribution in [0.2, 0.25) is 5.02 Å². The Morgan fingerprint density at radius 2 is 2.25 bits per heavy atom. The van der Waals surface area contributed by atoms with Gasteiger partial charge in [-0.15, -0.1) is 0 Å². The number of nitrogens with zero attached hydrogens (tertiary/aromatic N) is 3. The molecule has 1 aliphatic rings. The van der Waals surface area contributed by atoms with E-state index in [9.17, 15) is 0 Å². The van der Waals surface area contributed by atoms with E-state index >= 15 is 0 Å². The van der Waals surface area contributed by atoms with Crippen LogP contribution < -0.4 is 10.2 Å². The number of rotatable bonds is 4. The molecule has 0 saturated heterocycles. The maximum Gasteiger partial charge on any atom is 0.224 e. The fraction of sp³-hybridized carbons (Fsp3) is 0.636. The summed E-state index contributed by atoms with van der Waals surface area (Å²) in [5.41, 5.74) is 0. The predicted octanol–water partition coefficient (Wildman–Crippen LogP) is 2.41. The van der Waals surface area contributed by atoms with Gasteiger partial charge < -0.3 is 10.2 Å². The van der Waals surface area contributed by atoms with Crippen molar-refractivity contribution in [1.82, 2.24) is 9.97 Å². The highest BCUT2D eigenvalue weighted by Gasteiger charge is 2.31. The highest BCUT2D eigenvalue weighted by atomic mass is 35.5. The van der Waals surface area contributed by atoms with Crippen LogP contribution in [0, 0.1) is 5.92 Å². The first-order chi connectivity index (χ1) is 7.63. The van der Waals surface area contributed by atoms with Gasteiger partial charge in [-0.25, -0.2) is 4.98 Å². The van der Waals surface area contributed by atoms with Gasteiger partial charge in [-0.3, -0.25) is 0 Å². The van der Waals surface area contributed by atoms with E-state index in [1.54, 1.807) is 13.2 Å². The average Bonchev–Trinajstić information content (AvgIpc) is 3.12. The van der Waals surface area contributed by atoms with Crippen molar-refractivity contribution in [3.05, 3.63) is 11.2 Å². The summed E-state index contributed by atoms with van der Waals surface area (Å²) < 4.78 is 0. The Balaban J connectivity index is 2.23. The zero-order valence-corrected chi connectivity index (χ0v) is 10.6. The zero-order valence-electron chi connectivity index (χ0n) is 9.87. The quantitative estimate of drug-likeness (QED) is 0.878. The third-order valence-corrected chi connectivity index (χ3v) is 3.47. The molecule has 16 heavy (non-hydrogen) atoms. The van der Waals surface area contributed by atoms with Crippen LogP contribution in [0.5, 0.6) is 0 Å². The molecule has 1 aromatic heterocycles. The van der Waals surface area contributed by atoms with E-state index in [2.05, 4.69) is 27.1 Å². The fourth-order valence-electron chi connectivity index (χ4n) is 1.81. The lowest BCUT2D eigenvalue weighted by atomic mass is 10.2. The van der Waals surface area contributed by atoms with Crippen LogP contribution in [0.4, 0.5) is 11.8 Å². The van der Waals surface area contributed by atoms with Gasteiger partial charge in [0.2, 0.25) is 5.95 Å². The molecule has 88 valence electrons. The summed E-state index contributed by atoms with van der Waals surface area (Å²) in [6.07, 6.45) is 4.27. The maximum absolute atomic E-state index is 6.12. The van der Waals surface area contributed by atoms with Crippen molar-refractivity contribution in [2.75, 3.05) is 24.3 Å². The Labute approximate surface area is 101 Å². The monoisotopic (exact) mass is 240 g/mol. The van der Waals surface area contributed by atoms with Crippen LogP contribution in [0.3, 0.4) is 0 Å². The molecule has 4 nitrogen and oxygen atoms in total. The largest absolute Gasteiger partial charge is 0.357 e. The van der Waals surface area contributed by atoms with E-state index in [0.717, 1.165) is 11.7 Å². The molecule has 0 amide bonds. The summed E-state index contributed by atoms with van der Waals surface area (Å²) in [6, 6.07) is 0.483. The molecule has 0 bridgehead atoms. The van der Waals surface area contributed by atoms with Gasteiger partial charge in [0.05, 0.1) is 6.20 Å². The first kappa shape index (κ1) is 11.5. The highest BCUT2D eigenvalue weighted by Crippen LogP contribution is 2.37. The second-order valence-electron chi connectivity index (χ2n) is 4.30. The van der Waals surface area contributed by atoms with Crippen LogP contribution in [0.1, 0.15) is 19.8 Å². The predicted molar refractivity (Wildman–Crippen MR) is 67.2 cm³/mol. The first-order valence-electron chi connectivity index (χ1n) is 5.56. The molecule has 1 atom stereocenters. The lowest BCUT2D eigenvalue weighted by Crippen LogP contribution is -2.31. The number of anilines is 2. The molecule has 0 radical (unpaired) electrons. The standard InChI is InChI=1S/C11H17ClN4/c1-7(8-4-5-8)16(3)10-9(12)6-14-11(13-2)15-10/h6-8H,4-5H2,1-3H3,(H,13,14,15). The smallest absolute Gasteiger partial charge is 0.224 e. The minimum atomic E-state index is 0.483. The zero-order chi connectivity index (χ0) is 11.7. The van der Waals surface area contributed by atoms with Crippen molar-refractivity contribution < 1.29 is 0 Å². The number of halogens is 1. The van der Waals surface area contributed by atoms with Gasteiger partial charge in [0.15, 0.2) is 5.82 Å². The molecule has 2 rings (SSSR count). The van der Waals surface area contributed by atoms with E-state index in [4.69, 9.17) is 11.6 Å². The molecule has 1 unspecified atom stereocenters. The summed E-state index contributed by atoms with van der Waals surface area (Å²) in [5, 5.41) is 3.53. The number of hydrogen-bond acceptors (Lipinski definition) is 4. The Kier molecular flexibility index (Phi) is 3.19. The van der Waals surface area contributed by atoms with Gasteiger partial charge in [-0.1, -0.05) is 11.6 Å². The second kappa shape index (κ2) is 4.45. The number of nitrogens with one attached hydrogen (secondary N) is 1. The van der Waals surface area contributed by atoms with Crippen molar-refractivity contribution in [2.24, 2.45) is 5.92 Å². The van der Waals surface area contributed by atoms with Crippen molar-refractivity contribution in [3.63, 3.8) is 0 Å². The molecule has 0 aliphatic heterocycles. The molecular weight excluding hydrogens is 224 g/mol. The Hall–Kier alpha value is -1.03. The van der Waals surface area contributed by atoms with Gasteiger partial charge in [0.25, 0.3) is 0 Å². The SMILES string of the molecule is CNc1ncc(Cl)c(N(C)C(C)C2CC2)n1. The minimum Gasteiger partial charge on any atom is -0.357 e. The highest BCUT2D eigenvalue weighted by molar-refractivity contribution is 6.32. The number of aromatic nitrogens is 2. The van der Waals surface area contributed by atoms with Crippen LogP contribution in [-0.4, -0.2) is 30.1 Å². The molecule has 5 heteroatoms. The summed E-state index contributed by atoms with van der Waals surface area (Å²) in [7, 11) is 3.84. The van der Waals surface area contributed by atoms with Gasteiger partial charge in [0, 0.05) is 20.1 Å². The Bertz CT molecular complexity index is 378. The molecule has 0 spiro atoms. The lowest BCUT2D eigenvalue weighted by molar-refractivity contribution is 0.604. The van der Waals surface area contributed by atoms with Gasteiger partial charge in [-0.05, 0) is 25.7 Å². The third-order valence-electron chi connectivity index (χ3n) is 3.20. The molecule has 1 N–H and O–H groups in total. The normalized spacial score (nSPS) is 17.0. The average molecular weight is 241 g/mol. The molecular formula is C11H17ClN4. The van der Waals surface area contributed by atoms with Crippen molar-refractivity contribution in [2.45, 2.75) is 25.8 Å². The van der Waals surface area contributed by atoms with Crippen molar-refractivity contribution in [3.8, 4) is 0 Å². The number of hydrogen-bond donors (Lipinski definition) is 1. The summed E-state index contributed by atoms with van der Waals surface area (Å²) in [6.45, 7) is 2.22. The van der Waals surface area contributed by atoms with E-state index in [0.29, 0.717) is 17.0 Å². The van der Waals surface area contributed by atoms with Gasteiger partial charge in [-0.2, -0.15) is 4.98 Å². The van der Waals surface area contributed by atoms with E-state index < -0.39 is 0 Å². The maximum atomic E-state index is 6.12. The second-order valence-corrected chi connectivity index (χ2v) is 4.71. The van der Waals surface area contributed by atoms with Gasteiger partial charge >= 0.3 is 0 Å². The minimum absolute atomic E-state index is 0.483. The van der Waals surface area contributed by atoms with Crippen molar-refractivity contribution >= 4 is 23.4 Å². The van der Waals surface area contributed by atoms with E-state index in [1.165, 1.54) is 12.8 Å². The van der Waals surface area contributed by atoms with E-state index in [1.807, 2.05) is 7.05 Å². The summed E-state index contributed by atoms with van der Waals surface area (Å²) >= 11 is 6.12. The Morgan fingerprint density at radius 1 is 1.56 bits per heavy atom. The molecule has 1 heterocycles. The Morgan fingerprint density at radius 3 is 2.81 bits per heavy atom. The molecule has 1 fully saturated rings. The van der Waals surface area contributed by atoms with Crippen LogP contribution in [0.15, 0.2) is 6.20 Å². The molecule has 1 saturated carbocycles. The van der Waals surface area contributed by atoms with Gasteiger partial charge in [0.1, 0.15) is 5.02 Å². The summed E-state index contributed by atoms with van der Waals surface area (Å²) in [4.78, 5) is 10.6. The topological polar surface area (TPSA) is 41.1 Å². The first-order valence-corrected chi connectivity index (χ1v) is 5.94. The summed E-state index contributed by atoms with van der Waals surface area (Å²) in [5.74, 6) is 2.20. The molecule has 1 aliphatic carbocycles.